The summed E-state index contributed by atoms with van der Waals surface area (Å²) in [5.74, 6) is 0.916. The standard InChI is InChI=1S/C19H28N4S/c1-15-8-10-16(11-9-15)14-23(5)19(20-2)21-13-17(22(3)4)18-7-6-12-24-18/h6-12,17H,13-14H2,1-5H3,(H,20,21). The lowest BCUT2D eigenvalue weighted by Gasteiger charge is -2.27. The molecule has 0 saturated carbocycles. The van der Waals surface area contributed by atoms with Crippen molar-refractivity contribution in [2.45, 2.75) is 19.5 Å². The molecule has 1 atom stereocenters. The first kappa shape index (κ1) is 18.5. The van der Waals surface area contributed by atoms with Gasteiger partial charge >= 0.3 is 0 Å². The molecule has 0 radical (unpaired) electrons. The summed E-state index contributed by atoms with van der Waals surface area (Å²) < 4.78 is 0. The molecule has 0 amide bonds. The molecule has 24 heavy (non-hydrogen) atoms. The fraction of sp³-hybridized carbons (Fsp3) is 0.421. The molecular formula is C19H28N4S. The molecular weight excluding hydrogens is 316 g/mol. The van der Waals surface area contributed by atoms with Gasteiger partial charge in [0.2, 0.25) is 0 Å². The third-order valence-electron chi connectivity index (χ3n) is 4.06. The van der Waals surface area contributed by atoms with Gasteiger partial charge in [-0.15, -0.1) is 11.3 Å². The maximum atomic E-state index is 4.43. The highest BCUT2D eigenvalue weighted by Gasteiger charge is 2.16. The third-order valence-corrected chi connectivity index (χ3v) is 5.04. The van der Waals surface area contributed by atoms with E-state index >= 15 is 0 Å². The average molecular weight is 345 g/mol. The van der Waals surface area contributed by atoms with E-state index in [9.17, 15) is 0 Å². The zero-order chi connectivity index (χ0) is 17.5. The number of aryl methyl sites for hydroxylation is 1. The number of thiophene rings is 1. The topological polar surface area (TPSA) is 30.9 Å². The Morgan fingerprint density at radius 3 is 2.42 bits per heavy atom. The van der Waals surface area contributed by atoms with Crippen molar-refractivity contribution >= 4 is 17.3 Å². The number of hydrogen-bond acceptors (Lipinski definition) is 3. The van der Waals surface area contributed by atoms with Crippen LogP contribution in [-0.2, 0) is 6.54 Å². The second-order valence-electron chi connectivity index (χ2n) is 6.26. The first-order chi connectivity index (χ1) is 11.5. The summed E-state index contributed by atoms with van der Waals surface area (Å²) >= 11 is 1.80. The second kappa shape index (κ2) is 8.85. The van der Waals surface area contributed by atoms with Gasteiger partial charge in [0.05, 0.1) is 6.04 Å². The van der Waals surface area contributed by atoms with Crippen molar-refractivity contribution < 1.29 is 0 Å². The third kappa shape index (κ3) is 5.08. The monoisotopic (exact) mass is 344 g/mol. The molecule has 0 bridgehead atoms. The van der Waals surface area contributed by atoms with Crippen molar-refractivity contribution in [1.29, 1.82) is 0 Å². The highest BCUT2D eigenvalue weighted by Crippen LogP contribution is 2.22. The van der Waals surface area contributed by atoms with E-state index < -0.39 is 0 Å². The van der Waals surface area contributed by atoms with Crippen LogP contribution in [0.2, 0.25) is 0 Å². The van der Waals surface area contributed by atoms with Crippen molar-refractivity contribution in [2.75, 3.05) is 34.7 Å². The van der Waals surface area contributed by atoms with Crippen LogP contribution in [0.5, 0.6) is 0 Å². The molecule has 1 N–H and O–H groups in total. The molecule has 5 heteroatoms. The van der Waals surface area contributed by atoms with Crippen LogP contribution in [0, 0.1) is 6.92 Å². The number of likely N-dealkylation sites (N-methyl/N-ethyl adjacent to an activating group) is 1. The Bertz CT molecular complexity index is 632. The minimum atomic E-state index is 0.342. The van der Waals surface area contributed by atoms with Crippen LogP contribution in [0.15, 0.2) is 46.8 Å². The quantitative estimate of drug-likeness (QED) is 0.644. The molecule has 1 unspecified atom stereocenters. The zero-order valence-corrected chi connectivity index (χ0v) is 16.1. The van der Waals surface area contributed by atoms with Crippen LogP contribution in [-0.4, -0.2) is 50.5 Å². The molecule has 2 aromatic rings. The Kier molecular flexibility index (Phi) is 6.82. The summed E-state index contributed by atoms with van der Waals surface area (Å²) in [5, 5.41) is 5.64. The maximum Gasteiger partial charge on any atom is 0.193 e. The van der Waals surface area contributed by atoms with Gasteiger partial charge in [-0.25, -0.2) is 0 Å². The zero-order valence-electron chi connectivity index (χ0n) is 15.3. The summed E-state index contributed by atoms with van der Waals surface area (Å²) in [6, 6.07) is 13.3. The van der Waals surface area contributed by atoms with Gasteiger partial charge in [-0.1, -0.05) is 35.9 Å². The van der Waals surface area contributed by atoms with Crippen LogP contribution in [0.4, 0.5) is 0 Å². The van der Waals surface area contributed by atoms with Crippen LogP contribution in [0.25, 0.3) is 0 Å². The van der Waals surface area contributed by atoms with Crippen molar-refractivity contribution in [3.05, 3.63) is 57.8 Å². The number of guanidine groups is 1. The van der Waals surface area contributed by atoms with Gasteiger partial charge in [-0.3, -0.25) is 4.99 Å². The Morgan fingerprint density at radius 1 is 1.17 bits per heavy atom. The summed E-state index contributed by atoms with van der Waals surface area (Å²) in [5.41, 5.74) is 2.57. The Labute approximate surface area is 149 Å². The van der Waals surface area contributed by atoms with Crippen molar-refractivity contribution in [1.82, 2.24) is 15.1 Å². The van der Waals surface area contributed by atoms with Crippen molar-refractivity contribution in [3.8, 4) is 0 Å². The van der Waals surface area contributed by atoms with E-state index in [2.05, 4.69) is 90.0 Å². The molecule has 0 aliphatic heterocycles. The fourth-order valence-corrected chi connectivity index (χ4v) is 3.56. The molecule has 0 saturated heterocycles. The van der Waals surface area contributed by atoms with Crippen LogP contribution in [0.3, 0.4) is 0 Å². The lowest BCUT2D eigenvalue weighted by atomic mass is 10.1. The summed E-state index contributed by atoms with van der Waals surface area (Å²) in [6.07, 6.45) is 0. The van der Waals surface area contributed by atoms with E-state index in [4.69, 9.17) is 0 Å². The van der Waals surface area contributed by atoms with Gasteiger partial charge in [0, 0.05) is 32.1 Å². The molecule has 0 fully saturated rings. The van der Waals surface area contributed by atoms with E-state index in [1.807, 2.05) is 7.05 Å². The predicted octanol–water partition coefficient (Wildman–Crippen LogP) is 3.37. The molecule has 1 aromatic carbocycles. The largest absolute Gasteiger partial charge is 0.354 e. The number of nitrogens with one attached hydrogen (secondary N) is 1. The van der Waals surface area contributed by atoms with Crippen LogP contribution < -0.4 is 5.32 Å². The van der Waals surface area contributed by atoms with Crippen LogP contribution in [0.1, 0.15) is 22.0 Å². The SMILES string of the molecule is CN=C(NCC(c1cccs1)N(C)C)N(C)Cc1ccc(C)cc1. The molecule has 1 heterocycles. The first-order valence-corrected chi connectivity index (χ1v) is 9.06. The van der Waals surface area contributed by atoms with Gasteiger partial charge in [0.25, 0.3) is 0 Å². The minimum absolute atomic E-state index is 0.342. The Hall–Kier alpha value is -1.85. The van der Waals surface area contributed by atoms with Crippen molar-refractivity contribution in [2.24, 2.45) is 4.99 Å². The van der Waals surface area contributed by atoms with Gasteiger partial charge in [0.1, 0.15) is 0 Å². The number of hydrogen-bond donors (Lipinski definition) is 1. The van der Waals surface area contributed by atoms with E-state index in [1.54, 1.807) is 11.3 Å². The molecule has 2 rings (SSSR count). The minimum Gasteiger partial charge on any atom is -0.354 e. The lowest BCUT2D eigenvalue weighted by Crippen LogP contribution is -2.42. The van der Waals surface area contributed by atoms with Gasteiger partial charge < -0.3 is 15.1 Å². The molecule has 1 aromatic heterocycles. The number of nitrogens with zero attached hydrogens (tertiary/aromatic N) is 3. The van der Waals surface area contributed by atoms with Crippen LogP contribution >= 0.6 is 11.3 Å². The first-order valence-electron chi connectivity index (χ1n) is 8.18. The van der Waals surface area contributed by atoms with E-state index in [-0.39, 0.29) is 0 Å². The fourth-order valence-electron chi connectivity index (χ4n) is 2.63. The highest BCUT2D eigenvalue weighted by molar-refractivity contribution is 7.10. The van der Waals surface area contributed by atoms with Gasteiger partial charge in [-0.2, -0.15) is 0 Å². The smallest absolute Gasteiger partial charge is 0.193 e. The predicted molar refractivity (Wildman–Crippen MR) is 105 cm³/mol. The Morgan fingerprint density at radius 2 is 1.88 bits per heavy atom. The average Bonchev–Trinajstić information content (AvgIpc) is 3.07. The molecule has 0 aliphatic rings. The summed E-state index contributed by atoms with van der Waals surface area (Å²) in [6.45, 7) is 3.78. The summed E-state index contributed by atoms with van der Waals surface area (Å²) in [7, 11) is 8.14. The molecule has 0 aliphatic carbocycles. The lowest BCUT2D eigenvalue weighted by molar-refractivity contribution is 0.299. The maximum absolute atomic E-state index is 4.43. The molecule has 130 valence electrons. The molecule has 4 nitrogen and oxygen atoms in total. The number of benzene rings is 1. The van der Waals surface area contributed by atoms with Crippen molar-refractivity contribution in [3.63, 3.8) is 0 Å². The van der Waals surface area contributed by atoms with E-state index in [0.717, 1.165) is 19.0 Å². The van der Waals surface area contributed by atoms with E-state index in [1.165, 1.54) is 16.0 Å². The van der Waals surface area contributed by atoms with E-state index in [0.29, 0.717) is 6.04 Å². The number of aliphatic imine (C=N–C) groups is 1. The second-order valence-corrected chi connectivity index (χ2v) is 7.24. The van der Waals surface area contributed by atoms with Gasteiger partial charge in [-0.05, 0) is 38.0 Å². The normalized spacial score (nSPS) is 13.2. The number of rotatable bonds is 6. The van der Waals surface area contributed by atoms with Gasteiger partial charge in [0.15, 0.2) is 5.96 Å². The highest BCUT2D eigenvalue weighted by atomic mass is 32.1. The molecule has 0 spiro atoms. The Balaban J connectivity index is 1.96. The summed E-state index contributed by atoms with van der Waals surface area (Å²) in [4.78, 5) is 10.2.